The Hall–Kier alpha value is -5.18. The Morgan fingerprint density at radius 1 is 0.761 bits per heavy atom. The predicted octanol–water partition coefficient (Wildman–Crippen LogP) is 8.25. The summed E-state index contributed by atoms with van der Waals surface area (Å²) in [6.07, 6.45) is 13.0. The molecule has 382 valence electrons. The first kappa shape index (κ1) is 50.7. The molecule has 4 saturated heterocycles. The molecular formula is C51H66F2N10O6S2. The van der Waals surface area contributed by atoms with Gasteiger partial charge in [0.25, 0.3) is 29.6 Å². The largest absolute Gasteiger partial charge is 0.391 e. The van der Waals surface area contributed by atoms with Gasteiger partial charge >= 0.3 is 0 Å². The van der Waals surface area contributed by atoms with E-state index in [4.69, 9.17) is 4.74 Å². The molecule has 0 radical (unpaired) electrons. The number of hydrogen-bond acceptors (Lipinski definition) is 14. The van der Waals surface area contributed by atoms with Crippen molar-refractivity contribution in [2.45, 2.75) is 173 Å². The molecule has 4 amide bonds. The number of aliphatic hydroxyl groups is 1. The van der Waals surface area contributed by atoms with Gasteiger partial charge in [-0.05, 0) is 141 Å². The highest BCUT2D eigenvalue weighted by Crippen LogP contribution is 2.42. The number of anilines is 2. The third kappa shape index (κ3) is 11.4. The van der Waals surface area contributed by atoms with Crippen molar-refractivity contribution in [3.8, 4) is 20.9 Å². The Labute approximate surface area is 421 Å². The number of halogens is 2. The van der Waals surface area contributed by atoms with E-state index in [9.17, 15) is 33.1 Å². The van der Waals surface area contributed by atoms with E-state index in [2.05, 4.69) is 48.1 Å². The molecule has 0 spiro atoms. The van der Waals surface area contributed by atoms with Crippen LogP contribution in [0.4, 0.5) is 20.4 Å². The monoisotopic (exact) mass is 1020 g/mol. The molecule has 71 heavy (non-hydrogen) atoms. The summed E-state index contributed by atoms with van der Waals surface area (Å²) in [7, 11) is 0. The Morgan fingerprint density at radius 3 is 1.80 bits per heavy atom. The lowest BCUT2D eigenvalue weighted by atomic mass is 10.0. The Kier molecular flexibility index (Phi) is 15.1. The second kappa shape index (κ2) is 21.1. The summed E-state index contributed by atoms with van der Waals surface area (Å²) in [5.41, 5.74) is 3.67. The fourth-order valence-corrected chi connectivity index (χ4v) is 12.8. The van der Waals surface area contributed by atoms with Crippen molar-refractivity contribution in [3.63, 3.8) is 0 Å². The smallest absolute Gasteiger partial charge is 0.280 e. The maximum atomic E-state index is 14.0. The van der Waals surface area contributed by atoms with Gasteiger partial charge in [-0.25, -0.2) is 28.7 Å². The van der Waals surface area contributed by atoms with E-state index in [0.29, 0.717) is 71.3 Å². The van der Waals surface area contributed by atoms with Gasteiger partial charge in [0.15, 0.2) is 10.0 Å². The summed E-state index contributed by atoms with van der Waals surface area (Å²) in [6.45, 7) is 12.2. The van der Waals surface area contributed by atoms with Crippen LogP contribution in [0.25, 0.3) is 20.9 Å². The molecule has 6 aliphatic rings. The number of rotatable bonds is 13. The van der Waals surface area contributed by atoms with Crippen molar-refractivity contribution in [3.05, 3.63) is 57.1 Å². The summed E-state index contributed by atoms with van der Waals surface area (Å²) in [5, 5.41) is 23.2. The molecule has 5 N–H and O–H groups in total. The third-order valence-corrected chi connectivity index (χ3v) is 16.9. The third-order valence-electron chi connectivity index (χ3n) is 14.7. The molecule has 4 aliphatic heterocycles. The molecule has 2 saturated carbocycles. The molecule has 2 bridgehead atoms. The highest BCUT2D eigenvalue weighted by Gasteiger charge is 2.47. The number of hydrogen-bond donors (Lipinski definition) is 5. The Bertz CT molecular complexity index is 2610. The molecular weight excluding hydrogens is 951 g/mol. The van der Waals surface area contributed by atoms with Crippen LogP contribution >= 0.6 is 22.7 Å². The molecule has 4 aromatic heterocycles. The molecule has 2 aliphatic carbocycles. The number of carbonyl (C=O) groups excluding carboxylic acids is 4. The summed E-state index contributed by atoms with van der Waals surface area (Å²) >= 11 is 2.33. The van der Waals surface area contributed by atoms with Crippen LogP contribution in [0.3, 0.4) is 0 Å². The molecule has 0 unspecified atom stereocenters. The molecule has 16 nitrogen and oxygen atoms in total. The van der Waals surface area contributed by atoms with E-state index in [1.54, 1.807) is 13.1 Å². The van der Waals surface area contributed by atoms with Crippen molar-refractivity contribution in [2.75, 3.05) is 30.4 Å². The number of pyridine rings is 2. The minimum atomic E-state index is -2.95. The first-order valence-corrected chi connectivity index (χ1v) is 26.9. The average Bonchev–Trinajstić information content (AvgIpc) is 3.84. The van der Waals surface area contributed by atoms with Crippen molar-refractivity contribution in [1.82, 2.24) is 40.4 Å². The Morgan fingerprint density at radius 2 is 1.31 bits per heavy atom. The van der Waals surface area contributed by atoms with Crippen molar-refractivity contribution >= 4 is 57.9 Å². The van der Waals surface area contributed by atoms with E-state index in [0.717, 1.165) is 77.3 Å². The van der Waals surface area contributed by atoms with Crippen LogP contribution in [0.15, 0.2) is 24.5 Å². The van der Waals surface area contributed by atoms with Crippen LogP contribution in [-0.4, -0.2) is 133 Å². The van der Waals surface area contributed by atoms with Gasteiger partial charge in [-0.3, -0.25) is 19.2 Å². The van der Waals surface area contributed by atoms with E-state index >= 15 is 0 Å². The van der Waals surface area contributed by atoms with Gasteiger partial charge in [0, 0.05) is 79.4 Å². The van der Waals surface area contributed by atoms with Gasteiger partial charge < -0.3 is 40.9 Å². The van der Waals surface area contributed by atoms with Crippen LogP contribution < -0.4 is 21.3 Å². The number of amides is 4. The molecule has 4 atom stereocenters. The van der Waals surface area contributed by atoms with Crippen LogP contribution in [0.2, 0.25) is 0 Å². The number of nitrogens with zero attached hydrogens (tertiary/aromatic N) is 6. The second-order valence-electron chi connectivity index (χ2n) is 20.7. The quantitative estimate of drug-likeness (QED) is 0.0860. The van der Waals surface area contributed by atoms with Crippen LogP contribution in [0.5, 0.6) is 0 Å². The number of nitrogens with one attached hydrogen (secondary N) is 4. The van der Waals surface area contributed by atoms with Gasteiger partial charge in [0.05, 0.1) is 28.4 Å². The summed E-state index contributed by atoms with van der Waals surface area (Å²) in [5.74, 6) is -2.10. The summed E-state index contributed by atoms with van der Waals surface area (Å²) in [6, 6.07) is 4.07. The van der Waals surface area contributed by atoms with E-state index < -0.39 is 36.9 Å². The zero-order valence-electron chi connectivity index (χ0n) is 41.4. The highest BCUT2D eigenvalue weighted by molar-refractivity contribution is 7.17. The van der Waals surface area contributed by atoms with Crippen molar-refractivity contribution < 1.29 is 37.8 Å². The first-order chi connectivity index (χ1) is 33.9. The van der Waals surface area contributed by atoms with Crippen molar-refractivity contribution in [1.29, 1.82) is 0 Å². The lowest BCUT2D eigenvalue weighted by Gasteiger charge is -2.22. The van der Waals surface area contributed by atoms with E-state index in [-0.39, 0.29) is 63.6 Å². The normalized spacial score (nSPS) is 24.2. The number of aliphatic hydroxyl groups excluding tert-OH is 1. The van der Waals surface area contributed by atoms with E-state index in [1.165, 1.54) is 24.2 Å². The SMILES string of the molecule is Cc1cc(NC(C)C)ncc1-c1sc(C(=O)NC2CCOCC2)nc1C(=O)N1CC(F)(F)C[C@@H]1C.Cc1cc(N[C@H](C)C2CC2)ncc1-c1sc(C(=O)N[C@H]2CCC[C@@H]2O)nc1C(=O)N1C2CCC1CC2. The molecule has 4 aromatic rings. The maximum absolute atomic E-state index is 14.0. The standard InChI is InChI=1S/C27H35N5O3S.C24H31F2N5O3S/c1-14-12-22(29-15(2)16-6-7-16)28-13-19(14)24-23(27(35)32-17-8-9-18(32)11-10-17)31-26(36-24)25(34)30-20-4-3-5-21(20)33;1-13(2)28-18-9-14(3)17(11-27-18)20-19(23(33)31-12-24(25,26)10-15(31)4)30-22(35-20)21(32)29-16-5-7-34-8-6-16/h12-13,15-18,20-21,33H,3-11H2,1-2H3,(H,28,29)(H,30,34);9,11,13,15-16H,5-8,10,12H2,1-4H3,(H,27,28)(H,29,32)/t15-,17?,18?,20+,21+;15-/m10/s1. The molecule has 20 heteroatoms. The summed E-state index contributed by atoms with van der Waals surface area (Å²) < 4.78 is 33.4. The van der Waals surface area contributed by atoms with Crippen LogP contribution in [0, 0.1) is 19.8 Å². The second-order valence-corrected chi connectivity index (χ2v) is 22.7. The van der Waals surface area contributed by atoms with Gasteiger partial charge in [-0.2, -0.15) is 0 Å². The average molecular weight is 1020 g/mol. The Balaban J connectivity index is 0.000000176. The lowest BCUT2D eigenvalue weighted by Crippen LogP contribution is -2.40. The number of thiazole rings is 2. The zero-order valence-corrected chi connectivity index (χ0v) is 43.0. The number of likely N-dealkylation sites (tertiary alicyclic amines) is 1. The van der Waals surface area contributed by atoms with Crippen LogP contribution in [-0.2, 0) is 4.74 Å². The number of ether oxygens (including phenoxy) is 1. The van der Waals surface area contributed by atoms with Crippen LogP contribution in [0.1, 0.15) is 156 Å². The number of aryl methyl sites for hydroxylation is 2. The molecule has 6 fully saturated rings. The fourth-order valence-electron chi connectivity index (χ4n) is 10.7. The van der Waals surface area contributed by atoms with Gasteiger partial charge in [0.1, 0.15) is 23.0 Å². The molecule has 0 aromatic carbocycles. The first-order valence-electron chi connectivity index (χ1n) is 25.3. The zero-order chi connectivity index (χ0) is 50.3. The van der Waals surface area contributed by atoms with Gasteiger partial charge in [-0.1, -0.05) is 0 Å². The van der Waals surface area contributed by atoms with E-state index in [1.807, 2.05) is 50.9 Å². The van der Waals surface area contributed by atoms with Crippen molar-refractivity contribution in [2.24, 2.45) is 5.92 Å². The molecule has 10 rings (SSSR count). The topological polar surface area (TPSA) is 204 Å². The predicted molar refractivity (Wildman–Crippen MR) is 269 cm³/mol. The van der Waals surface area contributed by atoms with Gasteiger partial charge in [0.2, 0.25) is 0 Å². The minimum absolute atomic E-state index is 0.00569. The number of fused-ring (bicyclic) bond motifs is 2. The number of aromatic nitrogens is 4. The minimum Gasteiger partial charge on any atom is -0.391 e. The van der Waals surface area contributed by atoms with Gasteiger partial charge in [-0.15, -0.1) is 22.7 Å². The maximum Gasteiger partial charge on any atom is 0.280 e. The molecule has 8 heterocycles. The lowest BCUT2D eigenvalue weighted by molar-refractivity contribution is 0.0117. The summed E-state index contributed by atoms with van der Waals surface area (Å²) in [4.78, 5) is 75.8. The highest BCUT2D eigenvalue weighted by atomic mass is 32.1. The number of alkyl halides is 2. The fraction of sp³-hybridized carbons (Fsp3) is 0.608. The number of carbonyl (C=O) groups is 4.